The molecular weight excluding hydrogens is 260 g/mol. The predicted octanol–water partition coefficient (Wildman–Crippen LogP) is 3.89. The lowest BCUT2D eigenvalue weighted by molar-refractivity contribution is 0.0828. The molecule has 0 saturated heterocycles. The summed E-state index contributed by atoms with van der Waals surface area (Å²) in [6, 6.07) is 5.32. The highest BCUT2D eigenvalue weighted by Crippen LogP contribution is 2.24. The molecule has 1 amide bonds. The molecule has 1 aromatic carbocycles. The molecule has 3 nitrogen and oxygen atoms in total. The van der Waals surface area contributed by atoms with E-state index in [1.54, 1.807) is 37.2 Å². The Morgan fingerprint density at radius 3 is 2.47 bits per heavy atom. The summed E-state index contributed by atoms with van der Waals surface area (Å²) in [6.45, 7) is 7.40. The van der Waals surface area contributed by atoms with Gasteiger partial charge in [0.2, 0.25) is 0 Å². The van der Waals surface area contributed by atoms with Crippen LogP contribution in [0, 0.1) is 5.41 Å². The number of nitrogens with zero attached hydrogens (tertiary/aromatic N) is 1. The number of hydrogen-bond donors (Lipinski definition) is 1. The number of benzene rings is 1. The molecule has 0 aliphatic heterocycles. The zero-order valence-electron chi connectivity index (χ0n) is 12.4. The third-order valence-corrected chi connectivity index (χ3v) is 3.04. The molecule has 1 aromatic rings. The summed E-state index contributed by atoms with van der Waals surface area (Å²) in [6.07, 6.45) is 1.02. The summed E-state index contributed by atoms with van der Waals surface area (Å²) < 4.78 is 0. The Hall–Kier alpha value is -1.22. The Balaban J connectivity index is 2.86. The van der Waals surface area contributed by atoms with Crippen molar-refractivity contribution >= 4 is 23.2 Å². The van der Waals surface area contributed by atoms with Gasteiger partial charge in [-0.25, -0.2) is 0 Å². The second-order valence-corrected chi connectivity index (χ2v) is 6.56. The molecule has 0 saturated carbocycles. The topological polar surface area (TPSA) is 32.3 Å². The van der Waals surface area contributed by atoms with Crippen LogP contribution in [0.25, 0.3) is 0 Å². The van der Waals surface area contributed by atoms with E-state index in [1.165, 1.54) is 0 Å². The number of anilines is 1. The van der Waals surface area contributed by atoms with Gasteiger partial charge in [0.1, 0.15) is 0 Å². The first-order valence-electron chi connectivity index (χ1n) is 6.46. The average molecular weight is 283 g/mol. The number of hydrogen-bond acceptors (Lipinski definition) is 2. The number of carbonyl (C=O) groups is 1. The minimum absolute atomic E-state index is 0.0186. The molecule has 0 unspecified atom stereocenters. The summed E-state index contributed by atoms with van der Waals surface area (Å²) >= 11 is 6.01. The number of amides is 1. The summed E-state index contributed by atoms with van der Waals surface area (Å²) in [5.41, 5.74) is 1.72. The van der Waals surface area contributed by atoms with Crippen molar-refractivity contribution in [2.45, 2.75) is 27.2 Å². The normalized spacial score (nSPS) is 11.3. The van der Waals surface area contributed by atoms with Crippen molar-refractivity contribution in [1.29, 1.82) is 0 Å². The van der Waals surface area contributed by atoms with Crippen molar-refractivity contribution in [3.63, 3.8) is 0 Å². The van der Waals surface area contributed by atoms with Crippen molar-refractivity contribution in [2.75, 3.05) is 26.0 Å². The molecule has 0 spiro atoms. The second-order valence-electron chi connectivity index (χ2n) is 6.13. The Bertz CT molecular complexity index is 450. The minimum atomic E-state index is -0.0186. The number of nitrogens with one attached hydrogen (secondary N) is 1. The van der Waals surface area contributed by atoms with Gasteiger partial charge in [0, 0.05) is 31.4 Å². The highest BCUT2D eigenvalue weighted by atomic mass is 35.5. The third-order valence-electron chi connectivity index (χ3n) is 2.81. The van der Waals surface area contributed by atoms with Crippen molar-refractivity contribution < 1.29 is 4.79 Å². The maximum Gasteiger partial charge on any atom is 0.255 e. The minimum Gasteiger partial charge on any atom is -0.384 e. The standard InChI is InChI=1S/C15H23ClN2O/c1-15(2,3)8-9-17-13-10-11(16)6-7-12(13)14(19)18(4)5/h6-7,10,17H,8-9H2,1-5H3. The van der Waals surface area contributed by atoms with Crippen molar-refractivity contribution in [2.24, 2.45) is 5.41 Å². The molecule has 106 valence electrons. The van der Waals surface area contributed by atoms with E-state index in [9.17, 15) is 4.79 Å². The number of rotatable bonds is 4. The fourth-order valence-electron chi connectivity index (χ4n) is 1.66. The first-order chi connectivity index (χ1) is 8.70. The molecule has 0 bridgehead atoms. The van der Waals surface area contributed by atoms with Gasteiger partial charge in [0.15, 0.2) is 0 Å². The monoisotopic (exact) mass is 282 g/mol. The predicted molar refractivity (Wildman–Crippen MR) is 82.0 cm³/mol. The van der Waals surface area contributed by atoms with Crippen LogP contribution >= 0.6 is 11.6 Å². The molecule has 19 heavy (non-hydrogen) atoms. The Labute approximate surface area is 120 Å². The van der Waals surface area contributed by atoms with Gasteiger partial charge >= 0.3 is 0 Å². The molecule has 0 aliphatic carbocycles. The van der Waals surface area contributed by atoms with Crippen molar-refractivity contribution in [1.82, 2.24) is 4.90 Å². The van der Waals surface area contributed by atoms with Gasteiger partial charge in [-0.3, -0.25) is 4.79 Å². The van der Waals surface area contributed by atoms with Crippen LogP contribution in [0.1, 0.15) is 37.6 Å². The van der Waals surface area contributed by atoms with Crippen LogP contribution < -0.4 is 5.32 Å². The van der Waals surface area contributed by atoms with Gasteiger partial charge in [0.05, 0.1) is 5.56 Å². The van der Waals surface area contributed by atoms with Crippen LogP contribution in [0.2, 0.25) is 5.02 Å². The van der Waals surface area contributed by atoms with Crippen LogP contribution in [-0.2, 0) is 0 Å². The van der Waals surface area contributed by atoms with Crippen LogP contribution in [-0.4, -0.2) is 31.4 Å². The maximum absolute atomic E-state index is 12.1. The summed E-state index contributed by atoms with van der Waals surface area (Å²) in [7, 11) is 3.49. The lowest BCUT2D eigenvalue weighted by atomic mass is 9.92. The van der Waals surface area contributed by atoms with Crippen LogP contribution in [0.3, 0.4) is 0 Å². The van der Waals surface area contributed by atoms with Gasteiger partial charge in [0.25, 0.3) is 5.91 Å². The fraction of sp³-hybridized carbons (Fsp3) is 0.533. The molecule has 4 heteroatoms. The largest absolute Gasteiger partial charge is 0.384 e. The van der Waals surface area contributed by atoms with E-state index in [4.69, 9.17) is 11.6 Å². The lowest BCUT2D eigenvalue weighted by Gasteiger charge is -2.20. The van der Waals surface area contributed by atoms with Gasteiger partial charge < -0.3 is 10.2 Å². The molecule has 1 N–H and O–H groups in total. The van der Waals surface area contributed by atoms with Gasteiger partial charge in [-0.2, -0.15) is 0 Å². The van der Waals surface area contributed by atoms with E-state index in [0.29, 0.717) is 10.6 Å². The van der Waals surface area contributed by atoms with E-state index >= 15 is 0 Å². The van der Waals surface area contributed by atoms with E-state index in [2.05, 4.69) is 26.1 Å². The smallest absolute Gasteiger partial charge is 0.255 e. The quantitative estimate of drug-likeness (QED) is 0.909. The Kier molecular flexibility index (Phi) is 5.24. The van der Waals surface area contributed by atoms with Crippen molar-refractivity contribution in [3.05, 3.63) is 28.8 Å². The highest BCUT2D eigenvalue weighted by molar-refractivity contribution is 6.31. The third kappa shape index (κ3) is 5.11. The molecule has 0 aromatic heterocycles. The summed E-state index contributed by atoms with van der Waals surface area (Å²) in [4.78, 5) is 13.6. The first-order valence-corrected chi connectivity index (χ1v) is 6.83. The van der Waals surface area contributed by atoms with Crippen LogP contribution in [0.4, 0.5) is 5.69 Å². The Morgan fingerprint density at radius 2 is 1.95 bits per heavy atom. The number of halogens is 1. The second kappa shape index (κ2) is 6.29. The SMILES string of the molecule is CN(C)C(=O)c1ccc(Cl)cc1NCCC(C)(C)C. The lowest BCUT2D eigenvalue weighted by Crippen LogP contribution is -2.23. The fourth-order valence-corrected chi connectivity index (χ4v) is 1.83. The van der Waals surface area contributed by atoms with Gasteiger partial charge in [-0.05, 0) is 30.0 Å². The summed E-state index contributed by atoms with van der Waals surface area (Å²) in [5, 5.41) is 3.95. The van der Waals surface area contributed by atoms with E-state index < -0.39 is 0 Å². The van der Waals surface area contributed by atoms with E-state index in [0.717, 1.165) is 18.7 Å². The maximum atomic E-state index is 12.1. The van der Waals surface area contributed by atoms with Gasteiger partial charge in [-0.15, -0.1) is 0 Å². The van der Waals surface area contributed by atoms with Crippen LogP contribution in [0.15, 0.2) is 18.2 Å². The molecule has 0 fully saturated rings. The molecule has 0 radical (unpaired) electrons. The molecule has 0 heterocycles. The molecule has 0 aliphatic rings. The van der Waals surface area contributed by atoms with E-state index in [-0.39, 0.29) is 11.3 Å². The zero-order chi connectivity index (χ0) is 14.6. The Morgan fingerprint density at radius 1 is 1.32 bits per heavy atom. The highest BCUT2D eigenvalue weighted by Gasteiger charge is 2.15. The van der Waals surface area contributed by atoms with Crippen LogP contribution in [0.5, 0.6) is 0 Å². The number of carbonyl (C=O) groups excluding carboxylic acids is 1. The summed E-state index contributed by atoms with van der Waals surface area (Å²) in [5.74, 6) is -0.0186. The molecular formula is C15H23ClN2O. The molecule has 0 atom stereocenters. The van der Waals surface area contributed by atoms with Crippen molar-refractivity contribution in [3.8, 4) is 0 Å². The zero-order valence-corrected chi connectivity index (χ0v) is 13.1. The molecule has 1 rings (SSSR count). The first kappa shape index (κ1) is 15.8. The average Bonchev–Trinajstić information content (AvgIpc) is 2.26. The van der Waals surface area contributed by atoms with E-state index in [1.807, 2.05) is 0 Å². The van der Waals surface area contributed by atoms with Gasteiger partial charge in [-0.1, -0.05) is 32.4 Å².